The van der Waals surface area contributed by atoms with E-state index in [1.165, 1.54) is 44.9 Å². The molecule has 8 heteroatoms. The Hall–Kier alpha value is -2.64. The number of anilines is 1. The average Bonchev–Trinajstić information content (AvgIpc) is 2.98. The van der Waals surface area contributed by atoms with Crippen molar-refractivity contribution in [2.45, 2.75) is 63.8 Å². The van der Waals surface area contributed by atoms with Gasteiger partial charge in [0.2, 0.25) is 5.91 Å². The summed E-state index contributed by atoms with van der Waals surface area (Å²) in [6.07, 6.45) is 10.8. The van der Waals surface area contributed by atoms with Crippen LogP contribution in [0, 0.1) is 0 Å². The number of hydrogen-bond acceptors (Lipinski definition) is 5. The van der Waals surface area contributed by atoms with Gasteiger partial charge in [-0.2, -0.15) is 5.10 Å². The van der Waals surface area contributed by atoms with E-state index >= 15 is 0 Å². The van der Waals surface area contributed by atoms with Crippen LogP contribution in [0.1, 0.15) is 68.3 Å². The number of fused-ring (bicyclic) bond motifs is 1. The number of rotatable bonds is 3. The van der Waals surface area contributed by atoms with E-state index in [0.29, 0.717) is 24.8 Å². The molecule has 3 aliphatic rings. The Labute approximate surface area is 189 Å². The number of aromatic nitrogens is 3. The molecule has 0 aromatic carbocycles. The van der Waals surface area contributed by atoms with Crippen LogP contribution < -0.4 is 4.90 Å². The number of aryl methyl sites for hydroxylation is 1. The lowest BCUT2D eigenvalue weighted by Crippen LogP contribution is -2.55. The number of nitrogens with zero attached hydrogens (tertiary/aromatic N) is 6. The van der Waals surface area contributed by atoms with Crippen LogP contribution in [0.5, 0.6) is 0 Å². The van der Waals surface area contributed by atoms with Gasteiger partial charge in [-0.25, -0.2) is 9.67 Å². The molecule has 172 valence electrons. The van der Waals surface area contributed by atoms with Crippen molar-refractivity contribution in [2.75, 3.05) is 37.6 Å². The Balaban J connectivity index is 1.33. The second kappa shape index (κ2) is 9.08. The van der Waals surface area contributed by atoms with Gasteiger partial charge in [-0.15, -0.1) is 0 Å². The van der Waals surface area contributed by atoms with Crippen molar-refractivity contribution in [1.29, 1.82) is 0 Å². The number of carbonyl (C=O) groups excluding carboxylic acids is 2. The molecule has 0 unspecified atom stereocenters. The van der Waals surface area contributed by atoms with Gasteiger partial charge < -0.3 is 14.7 Å². The third kappa shape index (κ3) is 4.07. The normalized spacial score (nSPS) is 21.3. The molecule has 2 saturated heterocycles. The molecule has 0 atom stereocenters. The Morgan fingerprint density at radius 2 is 1.66 bits per heavy atom. The minimum Gasteiger partial charge on any atom is -0.357 e. The Kier molecular flexibility index (Phi) is 6.02. The van der Waals surface area contributed by atoms with Crippen molar-refractivity contribution in [1.82, 2.24) is 24.6 Å². The van der Waals surface area contributed by atoms with Crippen molar-refractivity contribution in [3.8, 4) is 0 Å². The summed E-state index contributed by atoms with van der Waals surface area (Å²) in [6.45, 7) is 3.38. The number of amides is 2. The molecule has 2 aromatic rings. The van der Waals surface area contributed by atoms with Gasteiger partial charge in [0.05, 0.1) is 5.39 Å². The highest BCUT2D eigenvalue weighted by molar-refractivity contribution is 6.05. The van der Waals surface area contributed by atoms with E-state index in [2.05, 4.69) is 10.00 Å². The molecule has 1 aliphatic carbocycles. The summed E-state index contributed by atoms with van der Waals surface area (Å²) < 4.78 is 1.70. The van der Waals surface area contributed by atoms with E-state index in [9.17, 15) is 9.59 Å². The molecule has 32 heavy (non-hydrogen) atoms. The summed E-state index contributed by atoms with van der Waals surface area (Å²) in [4.78, 5) is 37.0. The van der Waals surface area contributed by atoms with Crippen LogP contribution in [0.4, 0.5) is 5.82 Å². The van der Waals surface area contributed by atoms with Crippen molar-refractivity contribution < 1.29 is 9.59 Å². The molecule has 2 aromatic heterocycles. The van der Waals surface area contributed by atoms with Crippen LogP contribution in [0.2, 0.25) is 0 Å². The van der Waals surface area contributed by atoms with Gasteiger partial charge in [0, 0.05) is 39.3 Å². The quantitative estimate of drug-likeness (QED) is 0.737. The Morgan fingerprint density at radius 1 is 0.938 bits per heavy atom. The topological polar surface area (TPSA) is 74.6 Å². The maximum absolute atomic E-state index is 13.3. The van der Waals surface area contributed by atoms with Crippen LogP contribution in [-0.4, -0.2) is 75.1 Å². The number of hydrogen-bond donors (Lipinski definition) is 0. The lowest BCUT2D eigenvalue weighted by atomic mass is 9.93. The largest absolute Gasteiger partial charge is 0.357 e. The first-order chi connectivity index (χ1) is 15.6. The van der Waals surface area contributed by atoms with Gasteiger partial charge in [0.25, 0.3) is 5.91 Å². The monoisotopic (exact) mass is 438 g/mol. The summed E-state index contributed by atoms with van der Waals surface area (Å²) in [5.41, 5.74) is 1.12. The minimum absolute atomic E-state index is 0.0679. The summed E-state index contributed by atoms with van der Waals surface area (Å²) in [5, 5.41) is 5.29. The van der Waals surface area contributed by atoms with Crippen molar-refractivity contribution in [3.63, 3.8) is 0 Å². The first-order valence-corrected chi connectivity index (χ1v) is 12.3. The molecule has 8 nitrogen and oxygen atoms in total. The SMILES string of the molecule is Cn1nc(C(=O)N2CCN(C3CCCCC3)C(=O)C2)c2ccc(N3CCCCCC3)nc21. The molecule has 1 saturated carbocycles. The molecule has 2 amide bonds. The zero-order chi connectivity index (χ0) is 22.1. The molecule has 2 aliphatic heterocycles. The lowest BCUT2D eigenvalue weighted by molar-refractivity contribution is -0.138. The molecule has 0 N–H and O–H groups in total. The van der Waals surface area contributed by atoms with Crippen molar-refractivity contribution in [3.05, 3.63) is 17.8 Å². The van der Waals surface area contributed by atoms with Gasteiger partial charge in [-0.05, 0) is 37.8 Å². The van der Waals surface area contributed by atoms with Crippen LogP contribution >= 0.6 is 0 Å². The minimum atomic E-state index is -0.170. The van der Waals surface area contributed by atoms with Gasteiger partial charge in [0.1, 0.15) is 12.4 Å². The fourth-order valence-electron chi connectivity index (χ4n) is 5.54. The van der Waals surface area contributed by atoms with E-state index in [1.807, 2.05) is 24.1 Å². The predicted octanol–water partition coefficient (Wildman–Crippen LogP) is 2.97. The van der Waals surface area contributed by atoms with E-state index in [1.54, 1.807) is 9.58 Å². The fourth-order valence-corrected chi connectivity index (χ4v) is 5.54. The summed E-state index contributed by atoms with van der Waals surface area (Å²) >= 11 is 0. The highest BCUT2D eigenvalue weighted by Gasteiger charge is 2.34. The Bertz CT molecular complexity index is 988. The average molecular weight is 439 g/mol. The van der Waals surface area contributed by atoms with Crippen molar-refractivity contribution in [2.24, 2.45) is 7.05 Å². The Morgan fingerprint density at radius 3 is 2.38 bits per heavy atom. The molecule has 0 spiro atoms. The van der Waals surface area contributed by atoms with Gasteiger partial charge in [-0.1, -0.05) is 32.1 Å². The standard InChI is InChI=1S/C24H34N6O2/c1-27-23-19(11-12-20(25-23)28-13-7-2-3-8-14-28)22(26-27)24(32)29-15-16-30(21(31)17-29)18-9-5-4-6-10-18/h11-12,18H,2-10,13-17H2,1H3. The van der Waals surface area contributed by atoms with E-state index < -0.39 is 0 Å². The maximum Gasteiger partial charge on any atom is 0.275 e. The molecular formula is C24H34N6O2. The fraction of sp³-hybridized carbons (Fsp3) is 0.667. The molecule has 0 bridgehead atoms. The van der Waals surface area contributed by atoms with Crippen LogP contribution in [-0.2, 0) is 11.8 Å². The second-order valence-electron chi connectivity index (χ2n) is 9.52. The second-order valence-corrected chi connectivity index (χ2v) is 9.52. The zero-order valence-electron chi connectivity index (χ0n) is 19.1. The third-order valence-electron chi connectivity index (χ3n) is 7.36. The highest BCUT2D eigenvalue weighted by atomic mass is 16.2. The molecule has 4 heterocycles. The van der Waals surface area contributed by atoms with Crippen LogP contribution in [0.25, 0.3) is 11.0 Å². The first-order valence-electron chi connectivity index (χ1n) is 12.3. The van der Waals surface area contributed by atoms with E-state index in [4.69, 9.17) is 4.98 Å². The van der Waals surface area contributed by atoms with E-state index in [0.717, 1.165) is 42.8 Å². The predicted molar refractivity (Wildman–Crippen MR) is 124 cm³/mol. The molecule has 5 rings (SSSR count). The van der Waals surface area contributed by atoms with Crippen LogP contribution in [0.15, 0.2) is 12.1 Å². The third-order valence-corrected chi connectivity index (χ3v) is 7.36. The van der Waals surface area contributed by atoms with Gasteiger partial charge >= 0.3 is 0 Å². The zero-order valence-corrected chi connectivity index (χ0v) is 19.1. The summed E-state index contributed by atoms with van der Waals surface area (Å²) in [5.74, 6) is 0.854. The molecule has 0 radical (unpaired) electrons. The molecule has 3 fully saturated rings. The maximum atomic E-state index is 13.3. The van der Waals surface area contributed by atoms with Gasteiger partial charge in [0.15, 0.2) is 11.3 Å². The number of pyridine rings is 1. The first kappa shape index (κ1) is 21.2. The summed E-state index contributed by atoms with van der Waals surface area (Å²) in [7, 11) is 1.84. The van der Waals surface area contributed by atoms with Gasteiger partial charge in [-0.3, -0.25) is 9.59 Å². The van der Waals surface area contributed by atoms with Crippen LogP contribution in [0.3, 0.4) is 0 Å². The molecular weight excluding hydrogens is 404 g/mol. The smallest absolute Gasteiger partial charge is 0.275 e. The highest BCUT2D eigenvalue weighted by Crippen LogP contribution is 2.26. The lowest BCUT2D eigenvalue weighted by Gasteiger charge is -2.40. The van der Waals surface area contributed by atoms with Crippen molar-refractivity contribution >= 4 is 28.7 Å². The number of piperazine rings is 1. The number of carbonyl (C=O) groups is 2. The van der Waals surface area contributed by atoms with E-state index in [-0.39, 0.29) is 18.4 Å². The summed E-state index contributed by atoms with van der Waals surface area (Å²) in [6, 6.07) is 4.34.